The molecule has 0 unspecified atom stereocenters. The average Bonchev–Trinajstić information content (AvgIpc) is 1.67. The molecule has 4 aromatic carbocycles. The number of halogens is 4. The first-order valence-corrected chi connectivity index (χ1v) is 37.0. The fourth-order valence-corrected chi connectivity index (χ4v) is 14.5. The van der Waals surface area contributed by atoms with Crippen LogP contribution in [0.3, 0.4) is 0 Å². The van der Waals surface area contributed by atoms with E-state index < -0.39 is 5.82 Å². The third kappa shape index (κ3) is 21.6. The summed E-state index contributed by atoms with van der Waals surface area (Å²) in [6, 6.07) is 19.7. The first kappa shape index (κ1) is 87.0. The molecule has 6 aliphatic heterocycles. The Hall–Kier alpha value is -8.28. The van der Waals surface area contributed by atoms with Crippen LogP contribution in [0.1, 0.15) is 133 Å². The van der Waals surface area contributed by atoms with Crippen LogP contribution < -0.4 is 29.1 Å². The number of hydrogen-bond acceptors (Lipinski definition) is 24. The van der Waals surface area contributed by atoms with Crippen molar-refractivity contribution in [1.82, 2.24) is 70.0 Å². The topological polar surface area (TPSA) is 207 Å². The lowest BCUT2D eigenvalue weighted by molar-refractivity contribution is 0.0691. The summed E-state index contributed by atoms with van der Waals surface area (Å²) < 4.78 is 88.6. The van der Waals surface area contributed by atoms with Crippen molar-refractivity contribution in [3.63, 3.8) is 0 Å². The third-order valence-electron chi connectivity index (χ3n) is 21.1. The van der Waals surface area contributed by atoms with Gasteiger partial charge in [-0.1, -0.05) is 41.8 Å². The standard InChI is InChI=1S/C22H32FN5O2.C21H30FN5O.C17H23FN4O2.C16H21FN4O.4CH4/c1-15(2)26-9-11-27(12-10-26)17-5-7-28(8-6-17)22-24-21(30-25-22)18-14-20(29-4)16(3)13-19(18)23;1-15(2)25-10-12-26(13-11-25)17-6-8-27(9-7-17)21-23-20(28-24-21)18-5-4-16(3)14-19(18)22;1-11(2)21-5-7-22(8-6-21)17-19-16(24-20-17)13-10-15(23-4)12(3)9-14(13)18;1-11(2)20-6-8-21(9-7-20)16-18-15(22-19-16)13-5-4-12(3)10-14(13)17;;;;/h13-15,17H,5-12H2,1-4H3;4-5,14-15,17H,6-13H2,1-3H3;9-11H,5-8H2,1-4H3;4-5,10-11H,6-9H2,1-3H3;4*1H4. The zero-order chi connectivity index (χ0) is 73.9. The van der Waals surface area contributed by atoms with Gasteiger partial charge in [0.2, 0.25) is 0 Å². The van der Waals surface area contributed by atoms with Crippen LogP contribution in [0, 0.1) is 51.0 Å². The molecule has 0 saturated carbocycles. The highest BCUT2D eigenvalue weighted by Gasteiger charge is 2.33. The van der Waals surface area contributed by atoms with Gasteiger partial charge < -0.3 is 47.2 Å². The van der Waals surface area contributed by atoms with Gasteiger partial charge in [-0.15, -0.1) is 0 Å². The molecule has 0 aliphatic carbocycles. The molecule has 0 radical (unpaired) electrons. The number of anilines is 4. The van der Waals surface area contributed by atoms with Crippen molar-refractivity contribution in [2.24, 2.45) is 0 Å². The minimum Gasteiger partial charge on any atom is -0.496 e. The predicted octanol–water partition coefficient (Wildman–Crippen LogP) is 14.3. The number of aromatic nitrogens is 8. The number of benzene rings is 4. The maximum absolute atomic E-state index is 14.4. The molecular formula is C80H122F4N18O6. The van der Waals surface area contributed by atoms with Gasteiger partial charge in [0.1, 0.15) is 34.8 Å². The first-order chi connectivity index (χ1) is 50.0. The smallest absolute Gasteiger partial charge is 0.266 e. The van der Waals surface area contributed by atoms with E-state index in [0.29, 0.717) is 82.7 Å². The van der Waals surface area contributed by atoms with Gasteiger partial charge in [-0.25, -0.2) is 17.6 Å². The maximum Gasteiger partial charge on any atom is 0.266 e. The van der Waals surface area contributed by atoms with Crippen LogP contribution in [0.2, 0.25) is 0 Å². The number of aryl methyl sites for hydroxylation is 4. The Kier molecular flexibility index (Phi) is 32.1. The number of piperidine rings is 2. The number of hydrogen-bond donors (Lipinski definition) is 0. The molecule has 4 aromatic heterocycles. The molecule has 10 heterocycles. The molecule has 0 atom stereocenters. The van der Waals surface area contributed by atoms with E-state index in [9.17, 15) is 17.6 Å². The Labute approximate surface area is 639 Å². The van der Waals surface area contributed by atoms with Crippen LogP contribution in [-0.4, -0.2) is 251 Å². The number of piperazine rings is 4. The normalized spacial score (nSPS) is 17.6. The lowest BCUT2D eigenvalue weighted by atomic mass is 10.0. The van der Waals surface area contributed by atoms with Gasteiger partial charge in [-0.3, -0.25) is 29.4 Å². The second-order valence-corrected chi connectivity index (χ2v) is 29.2. The Bertz CT molecular complexity index is 4020. The van der Waals surface area contributed by atoms with Crippen molar-refractivity contribution in [2.75, 3.05) is 165 Å². The second kappa shape index (κ2) is 39.9. The van der Waals surface area contributed by atoms with Crippen molar-refractivity contribution in [1.29, 1.82) is 0 Å². The SMILES string of the molecule is C.C.C.C.COc1cc(-c2nc(N3CCC(N4CCN(C(C)C)CC4)CC3)no2)c(F)cc1C.COc1cc(-c2nc(N3CCN(C(C)C)CC3)no2)c(F)cc1C.Cc1ccc(-c2nc(N3CCC(N4CCN(C(C)C)CC4)CC3)no2)c(F)c1.Cc1ccc(-c2nc(N3CCN(C(C)C)CC3)no2)c(F)c1. The van der Waals surface area contributed by atoms with Crippen molar-refractivity contribution in [3.05, 3.63) is 106 Å². The van der Waals surface area contributed by atoms with Gasteiger partial charge in [0.25, 0.3) is 47.4 Å². The molecule has 0 spiro atoms. The van der Waals surface area contributed by atoms with Gasteiger partial charge >= 0.3 is 0 Å². The lowest BCUT2D eigenvalue weighted by Gasteiger charge is -2.43. The van der Waals surface area contributed by atoms with Crippen LogP contribution in [-0.2, 0) is 0 Å². The molecule has 6 aliphatic rings. The summed E-state index contributed by atoms with van der Waals surface area (Å²) in [5.74, 6) is 2.75. The van der Waals surface area contributed by atoms with Crippen LogP contribution in [0.25, 0.3) is 45.8 Å². The Morgan fingerprint density at radius 1 is 0.333 bits per heavy atom. The highest BCUT2D eigenvalue weighted by Crippen LogP contribution is 2.34. The molecule has 596 valence electrons. The Balaban J connectivity index is 0.000000199. The van der Waals surface area contributed by atoms with Gasteiger partial charge in [-0.05, 0) is 200 Å². The monoisotopic (exact) mass is 1510 g/mol. The van der Waals surface area contributed by atoms with E-state index in [1.807, 2.05) is 26.0 Å². The van der Waals surface area contributed by atoms with E-state index in [1.165, 1.54) is 24.3 Å². The Morgan fingerprint density at radius 2 is 0.583 bits per heavy atom. The van der Waals surface area contributed by atoms with E-state index in [0.717, 1.165) is 179 Å². The fourth-order valence-electron chi connectivity index (χ4n) is 14.5. The summed E-state index contributed by atoms with van der Waals surface area (Å²) in [5, 5.41) is 16.2. The number of methoxy groups -OCH3 is 2. The zero-order valence-electron chi connectivity index (χ0n) is 63.2. The quantitative estimate of drug-likeness (QED) is 0.0824. The largest absolute Gasteiger partial charge is 0.496 e. The van der Waals surface area contributed by atoms with E-state index >= 15 is 0 Å². The van der Waals surface area contributed by atoms with Gasteiger partial charge in [-0.2, -0.15) is 19.9 Å². The van der Waals surface area contributed by atoms with Crippen molar-refractivity contribution < 1.29 is 45.1 Å². The second-order valence-electron chi connectivity index (χ2n) is 29.2. The summed E-state index contributed by atoms with van der Waals surface area (Å²) in [5.41, 5.74) is 4.44. The molecular weight excluding hydrogens is 1380 g/mol. The highest BCUT2D eigenvalue weighted by atomic mass is 19.1. The van der Waals surface area contributed by atoms with Gasteiger partial charge in [0, 0.05) is 167 Å². The summed E-state index contributed by atoms with van der Waals surface area (Å²) in [6.45, 7) is 45.2. The summed E-state index contributed by atoms with van der Waals surface area (Å²) >= 11 is 0. The van der Waals surface area contributed by atoms with Gasteiger partial charge in [0.15, 0.2) is 0 Å². The van der Waals surface area contributed by atoms with Crippen molar-refractivity contribution in [2.45, 2.75) is 175 Å². The number of rotatable bonds is 16. The molecule has 0 amide bonds. The van der Waals surface area contributed by atoms with E-state index in [4.69, 9.17) is 27.6 Å². The van der Waals surface area contributed by atoms with E-state index in [2.05, 4.69) is 145 Å². The molecule has 8 aromatic rings. The molecule has 6 fully saturated rings. The average molecular weight is 1510 g/mol. The highest BCUT2D eigenvalue weighted by molar-refractivity contribution is 5.62. The van der Waals surface area contributed by atoms with Gasteiger partial charge in [0.05, 0.1) is 36.5 Å². The van der Waals surface area contributed by atoms with Crippen LogP contribution in [0.5, 0.6) is 11.5 Å². The third-order valence-corrected chi connectivity index (χ3v) is 21.1. The maximum atomic E-state index is 14.4. The summed E-state index contributed by atoms with van der Waals surface area (Å²) in [4.78, 5) is 41.3. The minimum absolute atomic E-state index is 0. The minimum atomic E-state index is -0.395. The van der Waals surface area contributed by atoms with E-state index in [1.54, 1.807) is 52.3 Å². The molecule has 108 heavy (non-hydrogen) atoms. The van der Waals surface area contributed by atoms with Crippen LogP contribution in [0.15, 0.2) is 78.8 Å². The summed E-state index contributed by atoms with van der Waals surface area (Å²) in [7, 11) is 3.12. The zero-order valence-corrected chi connectivity index (χ0v) is 63.2. The molecule has 0 N–H and O–H groups in total. The lowest BCUT2D eigenvalue weighted by Crippen LogP contribution is -2.54. The van der Waals surface area contributed by atoms with Crippen LogP contribution in [0.4, 0.5) is 41.4 Å². The predicted molar refractivity (Wildman–Crippen MR) is 423 cm³/mol. The fraction of sp³-hybridized carbons (Fsp3) is 0.600. The molecule has 6 saturated heterocycles. The Morgan fingerprint density at radius 3 is 0.843 bits per heavy atom. The molecule has 28 heteroatoms. The van der Waals surface area contributed by atoms with Crippen molar-refractivity contribution >= 4 is 23.8 Å². The number of nitrogens with zero attached hydrogens (tertiary/aromatic N) is 18. The first-order valence-electron chi connectivity index (χ1n) is 37.0. The van der Waals surface area contributed by atoms with Crippen molar-refractivity contribution in [3.8, 4) is 57.3 Å². The molecule has 0 bridgehead atoms. The van der Waals surface area contributed by atoms with Crippen LogP contribution >= 0.6 is 0 Å². The summed E-state index contributed by atoms with van der Waals surface area (Å²) in [6.07, 6.45) is 4.37. The molecule has 14 rings (SSSR count). The molecule has 24 nitrogen and oxygen atoms in total. The number of ether oxygens (including phenoxy) is 2. The van der Waals surface area contributed by atoms with E-state index in [-0.39, 0.29) is 81.8 Å².